The number of benzene rings is 1. The predicted octanol–water partition coefficient (Wildman–Crippen LogP) is -3.38. The fourth-order valence-corrected chi connectivity index (χ4v) is 0.707. The average Bonchev–Trinajstić information content (AvgIpc) is 2.05. The molecule has 3 nitrogen and oxygen atoms in total. The largest absolute Gasteiger partial charge is 1.00 e. The molecule has 0 radical (unpaired) electrons. The van der Waals surface area contributed by atoms with Crippen molar-refractivity contribution in [2.24, 2.45) is 0 Å². The molecule has 0 aliphatic carbocycles. The number of carbonyl (C=O) groups is 2. The molecule has 0 saturated carbocycles. The third-order valence-electron chi connectivity index (χ3n) is 1.22. The summed E-state index contributed by atoms with van der Waals surface area (Å²) < 4.78 is 0. The number of ketones is 1. The van der Waals surface area contributed by atoms with Crippen LogP contribution in [0.5, 0.6) is 0 Å². The van der Waals surface area contributed by atoms with Gasteiger partial charge in [-0.3, -0.25) is 4.79 Å². The predicted molar refractivity (Wildman–Crippen MR) is 35.8 cm³/mol. The van der Waals surface area contributed by atoms with Crippen molar-refractivity contribution in [2.75, 3.05) is 0 Å². The van der Waals surface area contributed by atoms with E-state index in [1.165, 1.54) is 12.1 Å². The van der Waals surface area contributed by atoms with E-state index in [0.29, 0.717) is 0 Å². The summed E-state index contributed by atoms with van der Waals surface area (Å²) in [5, 5.41) is 10.0. The van der Waals surface area contributed by atoms with E-state index in [9.17, 15) is 14.7 Å². The Morgan fingerprint density at radius 1 is 1.08 bits per heavy atom. The van der Waals surface area contributed by atoms with Crippen molar-refractivity contribution in [1.82, 2.24) is 0 Å². The van der Waals surface area contributed by atoms with E-state index in [0.717, 1.165) is 0 Å². The van der Waals surface area contributed by atoms with Crippen molar-refractivity contribution in [3.05, 3.63) is 35.9 Å². The zero-order valence-electron chi connectivity index (χ0n) is 6.61. The Bertz CT molecular complexity index is 282. The zero-order chi connectivity index (χ0) is 8.27. The van der Waals surface area contributed by atoms with Gasteiger partial charge in [0.1, 0.15) is 5.97 Å². The van der Waals surface area contributed by atoms with Crippen LogP contribution in [-0.4, -0.2) is 11.8 Å². The smallest absolute Gasteiger partial charge is 0.541 e. The Balaban J connectivity index is 0.00000121. The van der Waals surface area contributed by atoms with E-state index in [4.69, 9.17) is 0 Å². The molecule has 12 heavy (non-hydrogen) atoms. The summed E-state index contributed by atoms with van der Waals surface area (Å²) in [6.45, 7) is 0. The van der Waals surface area contributed by atoms with Crippen LogP contribution < -0.4 is 24.0 Å². The molecule has 0 bridgehead atoms. The molecule has 0 heterocycles. The molecule has 0 N–H and O–H groups in total. The third kappa shape index (κ3) is 2.54. The Kier molecular flexibility index (Phi) is 4.35. The summed E-state index contributed by atoms with van der Waals surface area (Å²) >= 11 is 0. The summed E-state index contributed by atoms with van der Waals surface area (Å²) in [7, 11) is 0. The number of carbonyl (C=O) groups excluding carboxylic acids is 2. The Morgan fingerprint density at radius 3 is 2.00 bits per heavy atom. The van der Waals surface area contributed by atoms with Gasteiger partial charge in [0.05, 0.1) is 0 Å². The normalized spacial score (nSPS) is 8.33. The number of carboxylic acid groups (broad SMARTS) is 1. The molecular weight excluding hydrogens is 151 g/mol. The van der Waals surface area contributed by atoms with Crippen molar-refractivity contribution >= 4 is 11.8 Å². The van der Waals surface area contributed by atoms with Gasteiger partial charge in [-0.25, -0.2) is 0 Å². The minimum atomic E-state index is -1.67. The van der Waals surface area contributed by atoms with Crippen molar-refractivity contribution in [1.29, 1.82) is 0 Å². The first kappa shape index (κ1) is 11.0. The van der Waals surface area contributed by atoms with Gasteiger partial charge in [0.25, 0.3) is 0 Å². The van der Waals surface area contributed by atoms with Crippen LogP contribution in [-0.2, 0) is 4.79 Å². The molecule has 0 unspecified atom stereocenters. The van der Waals surface area contributed by atoms with Gasteiger partial charge in [0.15, 0.2) is 0 Å². The van der Waals surface area contributed by atoms with Gasteiger partial charge in [0, 0.05) is 5.56 Å². The second-order valence-electron chi connectivity index (χ2n) is 1.98. The van der Waals surface area contributed by atoms with Crippen molar-refractivity contribution in [3.63, 3.8) is 0 Å². The van der Waals surface area contributed by atoms with Crippen LogP contribution in [0.3, 0.4) is 0 Å². The summed E-state index contributed by atoms with van der Waals surface area (Å²) in [4.78, 5) is 20.7. The standard InChI is InChI=1S/C8H6O3.Li/c9-7(8(10)11)6-4-2-1-3-5-6;/h1-5H,(H,10,11);/q;+1/p-1. The number of hydrogen-bond acceptors (Lipinski definition) is 3. The van der Waals surface area contributed by atoms with Gasteiger partial charge in [-0.2, -0.15) is 0 Å². The molecule has 1 aromatic carbocycles. The first-order valence-corrected chi connectivity index (χ1v) is 3.02. The van der Waals surface area contributed by atoms with Gasteiger partial charge < -0.3 is 9.90 Å². The average molecular weight is 156 g/mol. The zero-order valence-corrected chi connectivity index (χ0v) is 6.61. The first-order valence-electron chi connectivity index (χ1n) is 3.02. The number of Topliss-reactive ketones (excluding diaryl/α,β-unsaturated/α-hetero) is 1. The molecule has 4 heteroatoms. The maximum absolute atomic E-state index is 10.7. The van der Waals surface area contributed by atoms with Crippen molar-refractivity contribution in [2.45, 2.75) is 0 Å². The van der Waals surface area contributed by atoms with Crippen LogP contribution in [0.25, 0.3) is 0 Å². The molecular formula is C8H5LiO3. The molecule has 0 atom stereocenters. The summed E-state index contributed by atoms with van der Waals surface area (Å²) in [5.74, 6) is -2.65. The van der Waals surface area contributed by atoms with Crippen LogP contribution in [0.15, 0.2) is 30.3 Å². The van der Waals surface area contributed by atoms with Crippen LogP contribution in [0, 0.1) is 0 Å². The van der Waals surface area contributed by atoms with Gasteiger partial charge in [-0.15, -0.1) is 0 Å². The molecule has 0 aliphatic heterocycles. The second kappa shape index (κ2) is 4.76. The van der Waals surface area contributed by atoms with E-state index in [1.54, 1.807) is 18.2 Å². The number of carboxylic acids is 1. The molecule has 0 spiro atoms. The Hall–Kier alpha value is -1.04. The summed E-state index contributed by atoms with van der Waals surface area (Å²) in [5.41, 5.74) is 0.146. The van der Waals surface area contributed by atoms with Gasteiger partial charge in [0.2, 0.25) is 5.78 Å². The number of rotatable bonds is 2. The quantitative estimate of drug-likeness (QED) is 0.255. The van der Waals surface area contributed by atoms with Crippen molar-refractivity contribution < 1.29 is 33.6 Å². The molecule has 0 amide bonds. The molecule has 0 aliphatic rings. The van der Waals surface area contributed by atoms with E-state index < -0.39 is 11.8 Å². The fourth-order valence-electron chi connectivity index (χ4n) is 0.707. The number of hydrogen-bond donors (Lipinski definition) is 0. The maximum Gasteiger partial charge on any atom is 1.00 e. The van der Waals surface area contributed by atoms with Crippen LogP contribution in [0.2, 0.25) is 0 Å². The van der Waals surface area contributed by atoms with Gasteiger partial charge in [-0.05, 0) is 0 Å². The fraction of sp³-hybridized carbons (Fsp3) is 0. The monoisotopic (exact) mass is 156 g/mol. The summed E-state index contributed by atoms with van der Waals surface area (Å²) in [6, 6.07) is 7.74. The molecule has 0 saturated heterocycles. The van der Waals surface area contributed by atoms with E-state index in [2.05, 4.69) is 0 Å². The van der Waals surface area contributed by atoms with Crippen molar-refractivity contribution in [3.8, 4) is 0 Å². The SMILES string of the molecule is O=C([O-])C(=O)c1ccccc1.[Li+]. The number of aliphatic carboxylic acids is 1. The maximum atomic E-state index is 10.7. The Morgan fingerprint density at radius 2 is 1.58 bits per heavy atom. The van der Waals surface area contributed by atoms with Crippen LogP contribution >= 0.6 is 0 Å². The van der Waals surface area contributed by atoms with Gasteiger partial charge in [-0.1, -0.05) is 30.3 Å². The minimum absolute atomic E-state index is 0. The van der Waals surface area contributed by atoms with E-state index >= 15 is 0 Å². The molecule has 56 valence electrons. The molecule has 0 aromatic heterocycles. The first-order chi connectivity index (χ1) is 5.22. The molecule has 1 aromatic rings. The van der Waals surface area contributed by atoms with Crippen LogP contribution in [0.1, 0.15) is 10.4 Å². The Labute approximate surface area is 81.6 Å². The minimum Gasteiger partial charge on any atom is -0.541 e. The van der Waals surface area contributed by atoms with E-state index in [1.807, 2.05) is 0 Å². The van der Waals surface area contributed by atoms with Gasteiger partial charge >= 0.3 is 18.9 Å². The second-order valence-corrected chi connectivity index (χ2v) is 1.98. The van der Waals surface area contributed by atoms with Crippen LogP contribution in [0.4, 0.5) is 0 Å². The topological polar surface area (TPSA) is 57.2 Å². The van der Waals surface area contributed by atoms with E-state index in [-0.39, 0.29) is 24.4 Å². The molecule has 0 fully saturated rings. The molecule has 1 rings (SSSR count). The third-order valence-corrected chi connectivity index (χ3v) is 1.22. The summed E-state index contributed by atoms with van der Waals surface area (Å²) in [6.07, 6.45) is 0.